The van der Waals surface area contributed by atoms with E-state index in [2.05, 4.69) is 4.98 Å². The second-order valence-corrected chi connectivity index (χ2v) is 3.95. The maximum absolute atomic E-state index is 13.1. The molecule has 3 heteroatoms. The zero-order chi connectivity index (χ0) is 13.0. The quantitative estimate of drug-likeness (QED) is 0.608. The number of pyridine rings is 1. The molecule has 18 heavy (non-hydrogen) atoms. The van der Waals surface area contributed by atoms with Gasteiger partial charge >= 0.3 is 0 Å². The zero-order valence-electron chi connectivity index (χ0n) is 9.93. The number of nitrogens with zero attached hydrogens (tertiary/aromatic N) is 1. The third-order valence-corrected chi connectivity index (χ3v) is 2.55. The minimum atomic E-state index is -0.303. The summed E-state index contributed by atoms with van der Waals surface area (Å²) in [6.07, 6.45) is 6.49. The highest BCUT2D eigenvalue weighted by Gasteiger charge is 2.04. The van der Waals surface area contributed by atoms with Crippen LogP contribution >= 0.6 is 0 Å². The molecular formula is C15H12FNO. The molecule has 0 atom stereocenters. The Morgan fingerprint density at radius 3 is 2.83 bits per heavy atom. The number of ketones is 1. The molecular weight excluding hydrogens is 229 g/mol. The topological polar surface area (TPSA) is 30.0 Å². The molecule has 0 spiro atoms. The number of aryl methyl sites for hydroxylation is 1. The molecule has 0 saturated carbocycles. The predicted molar refractivity (Wildman–Crippen MR) is 68.7 cm³/mol. The summed E-state index contributed by atoms with van der Waals surface area (Å²) in [4.78, 5) is 15.8. The first-order chi connectivity index (χ1) is 8.66. The first kappa shape index (κ1) is 12.2. The Hall–Kier alpha value is -2.29. The summed E-state index contributed by atoms with van der Waals surface area (Å²) in [7, 11) is 0. The van der Waals surface area contributed by atoms with Gasteiger partial charge in [0.2, 0.25) is 0 Å². The maximum atomic E-state index is 13.1. The van der Waals surface area contributed by atoms with Gasteiger partial charge in [0.15, 0.2) is 5.78 Å². The molecule has 90 valence electrons. The second-order valence-electron chi connectivity index (χ2n) is 3.95. The van der Waals surface area contributed by atoms with Gasteiger partial charge in [0.1, 0.15) is 5.82 Å². The molecule has 2 aromatic rings. The monoisotopic (exact) mass is 241 g/mol. The summed E-state index contributed by atoms with van der Waals surface area (Å²) in [5, 5.41) is 0. The number of benzene rings is 1. The number of halogens is 1. The van der Waals surface area contributed by atoms with Crippen LogP contribution in [0.3, 0.4) is 0 Å². The SMILES string of the molecule is Cc1cc(C(=O)/C=C/c2cccnc2)ccc1F. The predicted octanol–water partition coefficient (Wildman–Crippen LogP) is 3.43. The van der Waals surface area contributed by atoms with E-state index in [0.717, 1.165) is 5.56 Å². The smallest absolute Gasteiger partial charge is 0.185 e. The fraction of sp³-hybridized carbons (Fsp3) is 0.0667. The van der Waals surface area contributed by atoms with Gasteiger partial charge in [-0.2, -0.15) is 0 Å². The van der Waals surface area contributed by atoms with Crippen LogP contribution in [0.2, 0.25) is 0 Å². The number of carbonyl (C=O) groups excluding carboxylic acids is 1. The molecule has 1 aromatic heterocycles. The van der Waals surface area contributed by atoms with Crippen molar-refractivity contribution in [3.8, 4) is 0 Å². The molecule has 2 nitrogen and oxygen atoms in total. The Kier molecular flexibility index (Phi) is 3.63. The summed E-state index contributed by atoms with van der Waals surface area (Å²) in [5.41, 5.74) is 1.80. The molecule has 0 radical (unpaired) electrons. The summed E-state index contributed by atoms with van der Waals surface area (Å²) < 4.78 is 13.1. The van der Waals surface area contributed by atoms with Crippen molar-refractivity contribution in [3.05, 3.63) is 71.3 Å². The van der Waals surface area contributed by atoms with E-state index in [9.17, 15) is 9.18 Å². The van der Waals surface area contributed by atoms with Crippen LogP contribution in [0.5, 0.6) is 0 Å². The lowest BCUT2D eigenvalue weighted by atomic mass is 10.1. The first-order valence-corrected chi connectivity index (χ1v) is 5.55. The van der Waals surface area contributed by atoms with Crippen LogP contribution in [0.4, 0.5) is 4.39 Å². The summed E-state index contributed by atoms with van der Waals surface area (Å²) >= 11 is 0. The van der Waals surface area contributed by atoms with Gasteiger partial charge in [-0.1, -0.05) is 6.07 Å². The summed E-state index contributed by atoms with van der Waals surface area (Å²) in [6, 6.07) is 7.99. The van der Waals surface area contributed by atoms with Crippen molar-refractivity contribution in [2.75, 3.05) is 0 Å². The summed E-state index contributed by atoms with van der Waals surface area (Å²) in [5.74, 6) is -0.454. The van der Waals surface area contributed by atoms with Crippen molar-refractivity contribution in [1.29, 1.82) is 0 Å². The van der Waals surface area contributed by atoms with Gasteiger partial charge in [-0.15, -0.1) is 0 Å². The molecule has 0 bridgehead atoms. The van der Waals surface area contributed by atoms with Crippen molar-refractivity contribution >= 4 is 11.9 Å². The van der Waals surface area contributed by atoms with Gasteiger partial charge in [-0.25, -0.2) is 4.39 Å². The van der Waals surface area contributed by atoms with Crippen LogP contribution in [0.1, 0.15) is 21.5 Å². The second kappa shape index (κ2) is 5.36. The Balaban J connectivity index is 2.17. The van der Waals surface area contributed by atoms with Crippen molar-refractivity contribution < 1.29 is 9.18 Å². The molecule has 1 aromatic carbocycles. The van der Waals surface area contributed by atoms with Crippen molar-refractivity contribution in [2.45, 2.75) is 6.92 Å². The molecule has 0 aliphatic heterocycles. The largest absolute Gasteiger partial charge is 0.289 e. The van der Waals surface area contributed by atoms with Gasteiger partial charge in [-0.3, -0.25) is 9.78 Å². The van der Waals surface area contributed by atoms with Gasteiger partial charge in [-0.05, 0) is 54.5 Å². The third kappa shape index (κ3) is 2.88. The van der Waals surface area contributed by atoms with Crippen LogP contribution in [0.15, 0.2) is 48.8 Å². The number of hydrogen-bond donors (Lipinski definition) is 0. The fourth-order valence-corrected chi connectivity index (χ4v) is 1.54. The average molecular weight is 241 g/mol. The van der Waals surface area contributed by atoms with Crippen LogP contribution in [0.25, 0.3) is 6.08 Å². The molecule has 0 amide bonds. The van der Waals surface area contributed by atoms with E-state index in [1.165, 1.54) is 18.2 Å². The van der Waals surface area contributed by atoms with E-state index in [1.54, 1.807) is 37.5 Å². The van der Waals surface area contributed by atoms with Crippen LogP contribution in [0, 0.1) is 12.7 Å². The van der Waals surface area contributed by atoms with E-state index in [1.807, 2.05) is 6.07 Å². The third-order valence-electron chi connectivity index (χ3n) is 2.55. The highest BCUT2D eigenvalue weighted by Crippen LogP contribution is 2.11. The lowest BCUT2D eigenvalue weighted by Crippen LogP contribution is -1.96. The highest BCUT2D eigenvalue weighted by molar-refractivity contribution is 6.06. The van der Waals surface area contributed by atoms with Crippen molar-refractivity contribution in [2.24, 2.45) is 0 Å². The lowest BCUT2D eigenvalue weighted by Gasteiger charge is -1.99. The Bertz CT molecular complexity index is 591. The van der Waals surface area contributed by atoms with E-state index in [0.29, 0.717) is 11.1 Å². The maximum Gasteiger partial charge on any atom is 0.185 e. The first-order valence-electron chi connectivity index (χ1n) is 5.55. The zero-order valence-corrected chi connectivity index (χ0v) is 9.93. The standard InChI is InChI=1S/C15H12FNO/c1-11-9-13(5-6-14(11)16)15(18)7-4-12-3-2-8-17-10-12/h2-10H,1H3/b7-4+. The van der Waals surface area contributed by atoms with Gasteiger partial charge < -0.3 is 0 Å². The van der Waals surface area contributed by atoms with Gasteiger partial charge in [0.05, 0.1) is 0 Å². The molecule has 0 aliphatic carbocycles. The minimum Gasteiger partial charge on any atom is -0.289 e. The van der Waals surface area contributed by atoms with Crippen LogP contribution in [-0.2, 0) is 0 Å². The molecule has 0 N–H and O–H groups in total. The Labute approximate surface area is 105 Å². The van der Waals surface area contributed by atoms with Gasteiger partial charge in [0.25, 0.3) is 0 Å². The number of allylic oxidation sites excluding steroid dienone is 1. The molecule has 1 heterocycles. The Morgan fingerprint density at radius 1 is 1.33 bits per heavy atom. The molecule has 2 rings (SSSR count). The number of hydrogen-bond acceptors (Lipinski definition) is 2. The molecule has 0 saturated heterocycles. The van der Waals surface area contributed by atoms with E-state index in [4.69, 9.17) is 0 Å². The molecule has 0 unspecified atom stereocenters. The Morgan fingerprint density at radius 2 is 2.17 bits per heavy atom. The van der Waals surface area contributed by atoms with Crippen molar-refractivity contribution in [3.63, 3.8) is 0 Å². The van der Waals surface area contributed by atoms with Crippen LogP contribution < -0.4 is 0 Å². The lowest BCUT2D eigenvalue weighted by molar-refractivity contribution is 0.104. The average Bonchev–Trinajstić information content (AvgIpc) is 2.40. The molecule has 0 fully saturated rings. The number of aromatic nitrogens is 1. The number of rotatable bonds is 3. The van der Waals surface area contributed by atoms with Crippen LogP contribution in [-0.4, -0.2) is 10.8 Å². The van der Waals surface area contributed by atoms with Gasteiger partial charge in [0, 0.05) is 18.0 Å². The van der Waals surface area contributed by atoms with E-state index < -0.39 is 0 Å². The highest BCUT2D eigenvalue weighted by atomic mass is 19.1. The fourth-order valence-electron chi connectivity index (χ4n) is 1.54. The van der Waals surface area contributed by atoms with E-state index in [-0.39, 0.29) is 11.6 Å². The normalized spacial score (nSPS) is 10.8. The number of carbonyl (C=O) groups is 1. The van der Waals surface area contributed by atoms with E-state index >= 15 is 0 Å². The molecule has 0 aliphatic rings. The summed E-state index contributed by atoms with van der Waals surface area (Å²) in [6.45, 7) is 1.64. The van der Waals surface area contributed by atoms with Crippen molar-refractivity contribution in [1.82, 2.24) is 4.98 Å². The minimum absolute atomic E-state index is 0.151.